The van der Waals surface area contributed by atoms with Gasteiger partial charge in [0.15, 0.2) is 5.96 Å². The van der Waals surface area contributed by atoms with Crippen LogP contribution in [0.3, 0.4) is 0 Å². The van der Waals surface area contributed by atoms with Gasteiger partial charge in [-0.2, -0.15) is 0 Å². The fraction of sp³-hybridized carbons (Fsp3) is 0.600. The monoisotopic (exact) mass is 360 g/mol. The summed E-state index contributed by atoms with van der Waals surface area (Å²) in [5.41, 5.74) is 1.18. The van der Waals surface area contributed by atoms with E-state index in [-0.39, 0.29) is 12.0 Å². The molecule has 0 saturated carbocycles. The van der Waals surface area contributed by atoms with Crippen LogP contribution in [0.5, 0.6) is 5.75 Å². The Morgan fingerprint density at radius 3 is 2.92 bits per heavy atom. The molecule has 1 aromatic carbocycles. The lowest BCUT2D eigenvalue weighted by Crippen LogP contribution is -2.39. The Hall–Kier alpha value is -2.24. The molecule has 0 aromatic heterocycles. The summed E-state index contributed by atoms with van der Waals surface area (Å²) >= 11 is 0. The maximum Gasteiger partial charge on any atom is 0.222 e. The highest BCUT2D eigenvalue weighted by Crippen LogP contribution is 2.14. The number of aryl methyl sites for hydroxylation is 1. The Morgan fingerprint density at radius 2 is 2.23 bits per heavy atom. The van der Waals surface area contributed by atoms with Crippen molar-refractivity contribution in [2.75, 3.05) is 32.7 Å². The van der Waals surface area contributed by atoms with E-state index in [4.69, 9.17) is 4.74 Å². The molecule has 2 rings (SSSR count). The minimum Gasteiger partial charge on any atom is -0.489 e. The van der Waals surface area contributed by atoms with E-state index in [0.29, 0.717) is 13.0 Å². The minimum atomic E-state index is -0.00511. The van der Waals surface area contributed by atoms with Crippen molar-refractivity contribution in [3.05, 3.63) is 29.8 Å². The lowest BCUT2D eigenvalue weighted by atomic mass is 10.2. The molecule has 0 radical (unpaired) electrons. The van der Waals surface area contributed by atoms with Crippen LogP contribution in [0.1, 0.15) is 38.7 Å². The first kappa shape index (κ1) is 20.1. The third-order valence-corrected chi connectivity index (χ3v) is 4.25. The standard InChI is InChI=1S/C20H32N4O2/c1-4-21-20(22-11-7-13-24-12-6-10-19(24)25)23-15-17(3)26-18-9-5-8-16(2)14-18/h5,8-9,14,17H,4,6-7,10-13,15H2,1-3H3,(H2,21,22,23). The Bertz CT molecular complexity index is 603. The number of nitrogens with zero attached hydrogens (tertiary/aromatic N) is 2. The lowest BCUT2D eigenvalue weighted by molar-refractivity contribution is -0.127. The molecule has 1 aromatic rings. The minimum absolute atomic E-state index is 0.00511. The van der Waals surface area contributed by atoms with E-state index in [0.717, 1.165) is 50.7 Å². The summed E-state index contributed by atoms with van der Waals surface area (Å²) in [5, 5.41) is 6.58. The van der Waals surface area contributed by atoms with Gasteiger partial charge in [-0.25, -0.2) is 4.99 Å². The molecule has 1 amide bonds. The van der Waals surface area contributed by atoms with Gasteiger partial charge in [-0.05, 0) is 51.3 Å². The van der Waals surface area contributed by atoms with Gasteiger partial charge in [0.2, 0.25) is 5.91 Å². The second-order valence-electron chi connectivity index (χ2n) is 6.73. The summed E-state index contributed by atoms with van der Waals surface area (Å²) in [5.74, 6) is 1.95. The Morgan fingerprint density at radius 1 is 1.38 bits per heavy atom. The highest BCUT2D eigenvalue weighted by Gasteiger charge is 2.18. The summed E-state index contributed by atoms with van der Waals surface area (Å²) in [6.07, 6.45) is 2.62. The van der Waals surface area contributed by atoms with Gasteiger partial charge in [0, 0.05) is 32.6 Å². The number of hydrogen-bond acceptors (Lipinski definition) is 3. The normalized spacial score (nSPS) is 15.9. The largest absolute Gasteiger partial charge is 0.489 e. The highest BCUT2D eigenvalue weighted by atomic mass is 16.5. The number of hydrogen-bond donors (Lipinski definition) is 2. The van der Waals surface area contributed by atoms with Crippen LogP contribution in [-0.2, 0) is 4.79 Å². The Kier molecular flexibility index (Phi) is 8.25. The first-order valence-electron chi connectivity index (χ1n) is 9.61. The van der Waals surface area contributed by atoms with Crippen LogP contribution in [0, 0.1) is 6.92 Å². The fourth-order valence-corrected chi connectivity index (χ4v) is 2.94. The van der Waals surface area contributed by atoms with Crippen LogP contribution < -0.4 is 15.4 Å². The van der Waals surface area contributed by atoms with Crippen LogP contribution >= 0.6 is 0 Å². The average Bonchev–Trinajstić information content (AvgIpc) is 3.01. The second-order valence-corrected chi connectivity index (χ2v) is 6.73. The van der Waals surface area contributed by atoms with Crippen molar-refractivity contribution >= 4 is 11.9 Å². The van der Waals surface area contributed by atoms with E-state index in [9.17, 15) is 4.79 Å². The maximum atomic E-state index is 11.6. The number of guanidine groups is 1. The number of carbonyl (C=O) groups excluding carboxylic acids is 1. The van der Waals surface area contributed by atoms with E-state index in [1.807, 2.05) is 36.9 Å². The molecule has 0 spiro atoms. The predicted octanol–water partition coefficient (Wildman–Crippen LogP) is 2.33. The molecule has 6 nitrogen and oxygen atoms in total. The zero-order chi connectivity index (χ0) is 18.8. The van der Waals surface area contributed by atoms with Crippen LogP contribution in [0.2, 0.25) is 0 Å². The molecule has 1 fully saturated rings. The molecule has 2 N–H and O–H groups in total. The molecule has 1 unspecified atom stereocenters. The highest BCUT2D eigenvalue weighted by molar-refractivity contribution is 5.79. The van der Waals surface area contributed by atoms with Crippen LogP contribution in [0.25, 0.3) is 0 Å². The topological polar surface area (TPSA) is 66.0 Å². The van der Waals surface area contributed by atoms with E-state index in [2.05, 4.69) is 28.6 Å². The molecular weight excluding hydrogens is 328 g/mol. The van der Waals surface area contributed by atoms with Crippen molar-refractivity contribution in [1.29, 1.82) is 0 Å². The first-order valence-corrected chi connectivity index (χ1v) is 9.61. The average molecular weight is 361 g/mol. The van der Waals surface area contributed by atoms with Crippen molar-refractivity contribution in [3.8, 4) is 5.75 Å². The first-order chi connectivity index (χ1) is 12.6. The second kappa shape index (κ2) is 10.7. The van der Waals surface area contributed by atoms with E-state index in [1.165, 1.54) is 5.56 Å². The number of carbonyl (C=O) groups is 1. The summed E-state index contributed by atoms with van der Waals surface area (Å²) in [4.78, 5) is 18.2. The summed E-state index contributed by atoms with van der Waals surface area (Å²) in [6, 6.07) is 8.05. The van der Waals surface area contributed by atoms with Crippen LogP contribution in [-0.4, -0.2) is 55.6 Å². The van der Waals surface area contributed by atoms with Gasteiger partial charge in [-0.1, -0.05) is 12.1 Å². The number of aliphatic imine (C=N–C) groups is 1. The molecule has 26 heavy (non-hydrogen) atoms. The number of benzene rings is 1. The maximum absolute atomic E-state index is 11.6. The lowest BCUT2D eigenvalue weighted by Gasteiger charge is -2.17. The van der Waals surface area contributed by atoms with Gasteiger partial charge < -0.3 is 20.3 Å². The van der Waals surface area contributed by atoms with Gasteiger partial charge >= 0.3 is 0 Å². The zero-order valence-electron chi connectivity index (χ0n) is 16.3. The summed E-state index contributed by atoms with van der Waals surface area (Å²) in [7, 11) is 0. The van der Waals surface area contributed by atoms with Gasteiger partial charge in [-0.15, -0.1) is 0 Å². The molecule has 1 aliphatic heterocycles. The van der Waals surface area contributed by atoms with Gasteiger partial charge in [0.05, 0.1) is 6.54 Å². The number of rotatable bonds is 9. The molecule has 0 aliphatic carbocycles. The van der Waals surface area contributed by atoms with Gasteiger partial charge in [0.25, 0.3) is 0 Å². The molecule has 6 heteroatoms. The molecule has 1 atom stereocenters. The third kappa shape index (κ3) is 6.94. The molecular formula is C20H32N4O2. The van der Waals surface area contributed by atoms with Crippen molar-refractivity contribution < 1.29 is 9.53 Å². The number of ether oxygens (including phenoxy) is 1. The predicted molar refractivity (Wildman–Crippen MR) is 106 cm³/mol. The third-order valence-electron chi connectivity index (χ3n) is 4.25. The fourth-order valence-electron chi connectivity index (χ4n) is 2.94. The van der Waals surface area contributed by atoms with Crippen molar-refractivity contribution in [2.45, 2.75) is 46.1 Å². The van der Waals surface area contributed by atoms with Gasteiger partial charge in [0.1, 0.15) is 11.9 Å². The van der Waals surface area contributed by atoms with Gasteiger partial charge in [-0.3, -0.25) is 4.79 Å². The Balaban J connectivity index is 1.73. The molecule has 1 heterocycles. The SMILES string of the molecule is CCNC(=NCC(C)Oc1cccc(C)c1)NCCCN1CCCC1=O. The quantitative estimate of drug-likeness (QED) is 0.403. The zero-order valence-corrected chi connectivity index (χ0v) is 16.3. The van der Waals surface area contributed by atoms with Crippen LogP contribution in [0.15, 0.2) is 29.3 Å². The summed E-state index contributed by atoms with van der Waals surface area (Å²) < 4.78 is 5.92. The van der Waals surface area contributed by atoms with Crippen molar-refractivity contribution in [3.63, 3.8) is 0 Å². The molecule has 1 saturated heterocycles. The number of likely N-dealkylation sites (tertiary alicyclic amines) is 1. The molecule has 1 aliphatic rings. The van der Waals surface area contributed by atoms with Crippen molar-refractivity contribution in [1.82, 2.24) is 15.5 Å². The van der Waals surface area contributed by atoms with E-state index in [1.54, 1.807) is 0 Å². The Labute approximate surface area is 157 Å². The number of nitrogens with one attached hydrogen (secondary N) is 2. The number of amides is 1. The molecule has 0 bridgehead atoms. The van der Waals surface area contributed by atoms with Crippen molar-refractivity contribution in [2.24, 2.45) is 4.99 Å². The molecule has 144 valence electrons. The van der Waals surface area contributed by atoms with Crippen LogP contribution in [0.4, 0.5) is 0 Å². The van der Waals surface area contributed by atoms with E-state index < -0.39 is 0 Å². The summed E-state index contributed by atoms with van der Waals surface area (Å²) in [6.45, 7) is 10.0. The van der Waals surface area contributed by atoms with E-state index >= 15 is 0 Å². The smallest absolute Gasteiger partial charge is 0.222 e.